The Kier molecular flexibility index (Phi) is 1.13. The van der Waals surface area contributed by atoms with Crippen LogP contribution < -0.4 is 0 Å². The highest BCUT2D eigenvalue weighted by atomic mass is 16.3. The van der Waals surface area contributed by atoms with Crippen LogP contribution in [-0.2, 0) is 0 Å². The second-order valence-corrected chi connectivity index (χ2v) is 2.12. The zero-order valence-electron chi connectivity index (χ0n) is 5.61. The van der Waals surface area contributed by atoms with Crippen LogP contribution in [0.4, 0.5) is 0 Å². The van der Waals surface area contributed by atoms with Gasteiger partial charge in [0.25, 0.3) is 0 Å². The number of nitrogens with zero attached hydrogens (tertiary/aromatic N) is 2. The molecule has 3 heteroatoms. The fraction of sp³-hybridized carbons (Fsp3) is 0. The Bertz CT molecular complexity index is 425. The van der Waals surface area contributed by atoms with Crippen molar-refractivity contribution >= 4 is 11.1 Å². The van der Waals surface area contributed by atoms with Crippen LogP contribution in [0.15, 0.2) is 29.0 Å². The Morgan fingerprint density at radius 3 is 3.27 bits per heavy atom. The molecule has 0 saturated carbocycles. The highest BCUT2D eigenvalue weighted by molar-refractivity contribution is 5.79. The van der Waals surface area contributed by atoms with Gasteiger partial charge in [-0.1, -0.05) is 0 Å². The lowest BCUT2D eigenvalue weighted by Crippen LogP contribution is -1.71. The third-order valence-electron chi connectivity index (χ3n) is 1.47. The first-order chi connectivity index (χ1) is 5.42. The number of aromatic nitrogens is 1. The van der Waals surface area contributed by atoms with E-state index in [1.165, 1.54) is 6.26 Å². The molecular formula is C8H4N2O. The summed E-state index contributed by atoms with van der Waals surface area (Å²) in [5.41, 5.74) is 1.05. The first-order valence-corrected chi connectivity index (χ1v) is 3.14. The van der Waals surface area contributed by atoms with Gasteiger partial charge in [-0.05, 0) is 12.1 Å². The molecule has 0 spiro atoms. The molecule has 52 valence electrons. The fourth-order valence-corrected chi connectivity index (χ4v) is 0.955. The topological polar surface area (TPSA) is 49.8 Å². The number of fused-ring (bicyclic) bond motifs is 1. The van der Waals surface area contributed by atoms with Crippen molar-refractivity contribution in [1.29, 1.82) is 5.26 Å². The summed E-state index contributed by atoms with van der Waals surface area (Å²) >= 11 is 0. The van der Waals surface area contributed by atoms with E-state index in [-0.39, 0.29) is 0 Å². The van der Waals surface area contributed by atoms with E-state index in [9.17, 15) is 0 Å². The smallest absolute Gasteiger partial charge is 0.227 e. The van der Waals surface area contributed by atoms with Crippen LogP contribution in [0.25, 0.3) is 11.1 Å². The van der Waals surface area contributed by atoms with Crippen molar-refractivity contribution in [3.05, 3.63) is 30.2 Å². The molecule has 0 amide bonds. The minimum Gasteiger partial charge on any atom is -0.445 e. The number of hydrogen-bond acceptors (Lipinski definition) is 3. The van der Waals surface area contributed by atoms with Crippen LogP contribution >= 0.6 is 0 Å². The van der Waals surface area contributed by atoms with Crippen molar-refractivity contribution in [3.63, 3.8) is 0 Å². The maximum Gasteiger partial charge on any atom is 0.227 e. The number of pyridine rings is 1. The molecule has 0 unspecified atom stereocenters. The van der Waals surface area contributed by atoms with Crippen molar-refractivity contribution in [2.24, 2.45) is 0 Å². The second-order valence-electron chi connectivity index (χ2n) is 2.12. The Morgan fingerprint density at radius 2 is 2.45 bits per heavy atom. The van der Waals surface area contributed by atoms with Gasteiger partial charge in [0.05, 0.1) is 10.9 Å². The van der Waals surface area contributed by atoms with Crippen LogP contribution in [0.2, 0.25) is 0 Å². The Labute approximate surface area is 62.9 Å². The standard InChI is InChI=1S/C8H4N2O/c9-4-6-5-11-8-7(6)2-1-3-10-8/h1-3,5H. The number of nitriles is 1. The molecule has 2 rings (SSSR count). The summed E-state index contributed by atoms with van der Waals surface area (Å²) in [4.78, 5) is 3.93. The van der Waals surface area contributed by atoms with E-state index < -0.39 is 0 Å². The quantitative estimate of drug-likeness (QED) is 0.565. The Hall–Kier alpha value is -1.82. The molecule has 0 bridgehead atoms. The molecule has 2 heterocycles. The van der Waals surface area contributed by atoms with Gasteiger partial charge < -0.3 is 4.42 Å². The van der Waals surface area contributed by atoms with Gasteiger partial charge in [-0.25, -0.2) is 4.98 Å². The number of hydrogen-bond donors (Lipinski definition) is 0. The van der Waals surface area contributed by atoms with Crippen molar-refractivity contribution < 1.29 is 4.42 Å². The molecule has 2 aromatic rings. The second kappa shape index (κ2) is 2.10. The molecule has 0 aromatic carbocycles. The summed E-state index contributed by atoms with van der Waals surface area (Å²) < 4.78 is 5.01. The largest absolute Gasteiger partial charge is 0.445 e. The minimum absolute atomic E-state index is 0.518. The van der Waals surface area contributed by atoms with Crippen LogP contribution in [0.5, 0.6) is 0 Å². The van der Waals surface area contributed by atoms with Gasteiger partial charge in [0.2, 0.25) is 5.71 Å². The molecule has 0 aliphatic rings. The molecule has 0 N–H and O–H groups in total. The maximum atomic E-state index is 8.59. The van der Waals surface area contributed by atoms with Gasteiger partial charge in [-0.3, -0.25) is 0 Å². The maximum absolute atomic E-state index is 8.59. The first-order valence-electron chi connectivity index (χ1n) is 3.14. The Balaban J connectivity index is 2.89. The van der Waals surface area contributed by atoms with Crippen molar-refractivity contribution in [2.45, 2.75) is 0 Å². The normalized spacial score (nSPS) is 9.73. The lowest BCUT2D eigenvalue weighted by atomic mass is 10.2. The van der Waals surface area contributed by atoms with E-state index in [1.54, 1.807) is 12.3 Å². The summed E-state index contributed by atoms with van der Waals surface area (Å²) in [6, 6.07) is 5.60. The molecular weight excluding hydrogens is 140 g/mol. The van der Waals surface area contributed by atoms with E-state index >= 15 is 0 Å². The molecule has 0 aliphatic heterocycles. The summed E-state index contributed by atoms with van der Waals surface area (Å²) in [7, 11) is 0. The van der Waals surface area contributed by atoms with Crippen molar-refractivity contribution in [2.75, 3.05) is 0 Å². The molecule has 0 radical (unpaired) electrons. The Morgan fingerprint density at radius 1 is 1.55 bits per heavy atom. The molecule has 2 aromatic heterocycles. The van der Waals surface area contributed by atoms with Crippen molar-refractivity contribution in [1.82, 2.24) is 4.98 Å². The highest BCUT2D eigenvalue weighted by Gasteiger charge is 2.03. The van der Waals surface area contributed by atoms with Crippen LogP contribution in [0.1, 0.15) is 5.56 Å². The van der Waals surface area contributed by atoms with Crippen molar-refractivity contribution in [3.8, 4) is 6.07 Å². The van der Waals surface area contributed by atoms with Gasteiger partial charge in [0.1, 0.15) is 12.3 Å². The van der Waals surface area contributed by atoms with E-state index in [1.807, 2.05) is 12.1 Å². The van der Waals surface area contributed by atoms with Gasteiger partial charge >= 0.3 is 0 Å². The predicted molar refractivity (Wildman–Crippen MR) is 38.7 cm³/mol. The first kappa shape index (κ1) is 5.93. The third kappa shape index (κ3) is 0.767. The SMILES string of the molecule is N#Cc1coc2ncccc12. The summed E-state index contributed by atoms with van der Waals surface area (Å²) in [6.07, 6.45) is 3.05. The number of rotatable bonds is 0. The molecule has 0 aliphatic carbocycles. The predicted octanol–water partition coefficient (Wildman–Crippen LogP) is 1.70. The zero-order valence-corrected chi connectivity index (χ0v) is 5.61. The average molecular weight is 144 g/mol. The third-order valence-corrected chi connectivity index (χ3v) is 1.47. The molecule has 0 saturated heterocycles. The minimum atomic E-state index is 0.518. The summed E-state index contributed by atoms with van der Waals surface area (Å²) in [6.45, 7) is 0. The summed E-state index contributed by atoms with van der Waals surface area (Å²) in [5, 5.41) is 9.36. The molecule has 0 atom stereocenters. The van der Waals surface area contributed by atoms with Gasteiger partial charge in [-0.15, -0.1) is 0 Å². The van der Waals surface area contributed by atoms with E-state index in [4.69, 9.17) is 9.68 Å². The van der Waals surface area contributed by atoms with E-state index in [0.29, 0.717) is 11.3 Å². The van der Waals surface area contributed by atoms with E-state index in [2.05, 4.69) is 4.98 Å². The van der Waals surface area contributed by atoms with Crippen LogP contribution in [0, 0.1) is 11.3 Å². The molecule has 0 fully saturated rings. The lowest BCUT2D eigenvalue weighted by molar-refractivity contribution is 0.602. The molecule has 11 heavy (non-hydrogen) atoms. The van der Waals surface area contributed by atoms with Gasteiger partial charge in [0, 0.05) is 6.20 Å². The molecule has 3 nitrogen and oxygen atoms in total. The summed E-state index contributed by atoms with van der Waals surface area (Å²) in [5.74, 6) is 0. The average Bonchev–Trinajstić information content (AvgIpc) is 2.47. The fourth-order valence-electron chi connectivity index (χ4n) is 0.955. The van der Waals surface area contributed by atoms with Gasteiger partial charge in [0.15, 0.2) is 0 Å². The monoisotopic (exact) mass is 144 g/mol. The zero-order chi connectivity index (χ0) is 7.68. The van der Waals surface area contributed by atoms with Crippen LogP contribution in [0.3, 0.4) is 0 Å². The number of furan rings is 1. The highest BCUT2D eigenvalue weighted by Crippen LogP contribution is 2.16. The van der Waals surface area contributed by atoms with E-state index in [0.717, 1.165) is 5.39 Å². The van der Waals surface area contributed by atoms with Gasteiger partial charge in [-0.2, -0.15) is 5.26 Å². The van der Waals surface area contributed by atoms with Crippen LogP contribution in [-0.4, -0.2) is 4.98 Å². The lowest BCUT2D eigenvalue weighted by Gasteiger charge is -1.82.